The second-order valence-electron chi connectivity index (χ2n) is 8.41. The van der Waals surface area contributed by atoms with Gasteiger partial charge in [-0.15, -0.1) is 0 Å². The highest BCUT2D eigenvalue weighted by atomic mass is 16.3. The summed E-state index contributed by atoms with van der Waals surface area (Å²) in [5, 5.41) is 20.0. The van der Waals surface area contributed by atoms with Crippen molar-refractivity contribution in [3.05, 3.63) is 29.8 Å². The molecular formula is C22H34N4O5. The molecule has 4 amide bonds. The minimum absolute atomic E-state index is 0.109. The van der Waals surface area contributed by atoms with Crippen LogP contribution in [0.5, 0.6) is 0 Å². The van der Waals surface area contributed by atoms with E-state index in [1.807, 2.05) is 32.9 Å². The van der Waals surface area contributed by atoms with E-state index in [9.17, 15) is 24.3 Å². The molecule has 0 saturated carbocycles. The zero-order valence-corrected chi connectivity index (χ0v) is 19.0. The molecule has 0 aliphatic heterocycles. The highest BCUT2D eigenvalue weighted by molar-refractivity contribution is 6.40. The molecule has 172 valence electrons. The highest BCUT2D eigenvalue weighted by Gasteiger charge is 2.27. The lowest BCUT2D eigenvalue weighted by Crippen LogP contribution is -2.53. The summed E-state index contributed by atoms with van der Waals surface area (Å²) in [7, 11) is 1.46. The van der Waals surface area contributed by atoms with Crippen molar-refractivity contribution in [2.75, 3.05) is 12.4 Å². The van der Waals surface area contributed by atoms with E-state index in [2.05, 4.69) is 21.3 Å². The van der Waals surface area contributed by atoms with Crippen molar-refractivity contribution < 1.29 is 24.3 Å². The maximum Gasteiger partial charge on any atom is 0.313 e. The lowest BCUT2D eigenvalue weighted by atomic mass is 9.86. The van der Waals surface area contributed by atoms with Gasteiger partial charge in [-0.25, -0.2) is 0 Å². The average Bonchev–Trinajstić information content (AvgIpc) is 2.71. The van der Waals surface area contributed by atoms with Gasteiger partial charge < -0.3 is 26.4 Å². The van der Waals surface area contributed by atoms with Crippen LogP contribution in [0.3, 0.4) is 0 Å². The molecule has 1 aromatic rings. The van der Waals surface area contributed by atoms with E-state index in [0.717, 1.165) is 5.56 Å². The van der Waals surface area contributed by atoms with E-state index in [0.29, 0.717) is 12.1 Å². The highest BCUT2D eigenvalue weighted by Crippen LogP contribution is 2.29. The fraction of sp³-hybridized carbons (Fsp3) is 0.545. The van der Waals surface area contributed by atoms with Crippen LogP contribution in [-0.4, -0.2) is 54.0 Å². The standard InChI is InChI=1S/C22H34N4O5/c1-7-17(27)16(12-18(28)23-6)26-19(29)13(2)24-20(30)21(31)25-15-11-9-8-10-14(15)22(3,4)5/h8-11,13,16-17,27H,7,12H2,1-6H3,(H,23,28)(H,24,30)(H,25,31)(H,26,29)/t13-,16-,17?/m0/s1. The number of para-hydroxylation sites is 1. The molecule has 1 aromatic carbocycles. The van der Waals surface area contributed by atoms with Gasteiger partial charge >= 0.3 is 11.8 Å². The van der Waals surface area contributed by atoms with Crippen LogP contribution in [0, 0.1) is 0 Å². The van der Waals surface area contributed by atoms with Gasteiger partial charge in [-0.3, -0.25) is 19.2 Å². The molecule has 9 heteroatoms. The maximum atomic E-state index is 12.4. The van der Waals surface area contributed by atoms with Crippen LogP contribution in [0.1, 0.15) is 53.0 Å². The normalized spacial score (nSPS) is 14.0. The summed E-state index contributed by atoms with van der Waals surface area (Å²) in [5.74, 6) is -2.82. The fourth-order valence-electron chi connectivity index (χ4n) is 2.93. The van der Waals surface area contributed by atoms with Gasteiger partial charge in [0.1, 0.15) is 6.04 Å². The predicted molar refractivity (Wildman–Crippen MR) is 118 cm³/mol. The third kappa shape index (κ3) is 8.01. The fourth-order valence-corrected chi connectivity index (χ4v) is 2.93. The number of aliphatic hydroxyl groups excluding tert-OH is 1. The van der Waals surface area contributed by atoms with Gasteiger partial charge in [-0.2, -0.15) is 0 Å². The molecule has 0 radical (unpaired) electrons. The molecule has 0 saturated heterocycles. The molecule has 0 aliphatic rings. The Morgan fingerprint density at radius 3 is 2.19 bits per heavy atom. The zero-order valence-electron chi connectivity index (χ0n) is 19.0. The second kappa shape index (κ2) is 11.5. The van der Waals surface area contributed by atoms with E-state index in [1.165, 1.54) is 14.0 Å². The summed E-state index contributed by atoms with van der Waals surface area (Å²) in [6.07, 6.45) is -0.707. The van der Waals surface area contributed by atoms with E-state index < -0.39 is 35.9 Å². The Morgan fingerprint density at radius 1 is 1.03 bits per heavy atom. The monoisotopic (exact) mass is 434 g/mol. The van der Waals surface area contributed by atoms with Gasteiger partial charge in [0.2, 0.25) is 11.8 Å². The molecule has 31 heavy (non-hydrogen) atoms. The number of anilines is 1. The number of carbonyl (C=O) groups is 4. The number of carbonyl (C=O) groups excluding carboxylic acids is 4. The van der Waals surface area contributed by atoms with Gasteiger partial charge in [0, 0.05) is 19.2 Å². The zero-order chi connectivity index (χ0) is 23.8. The Labute approximate surface area is 183 Å². The quantitative estimate of drug-likeness (QED) is 0.386. The van der Waals surface area contributed by atoms with Crippen molar-refractivity contribution in [2.45, 2.75) is 71.1 Å². The molecule has 0 bridgehead atoms. The van der Waals surface area contributed by atoms with E-state index in [1.54, 1.807) is 19.1 Å². The summed E-state index contributed by atoms with van der Waals surface area (Å²) in [6.45, 7) is 9.11. The van der Waals surface area contributed by atoms with Gasteiger partial charge in [-0.1, -0.05) is 45.9 Å². The molecular weight excluding hydrogens is 400 g/mol. The topological polar surface area (TPSA) is 137 Å². The molecule has 5 N–H and O–H groups in total. The average molecular weight is 435 g/mol. The van der Waals surface area contributed by atoms with Gasteiger partial charge in [0.15, 0.2) is 0 Å². The Kier molecular flexibility index (Phi) is 9.64. The predicted octanol–water partition coefficient (Wildman–Crippen LogP) is 0.819. The molecule has 0 heterocycles. The Morgan fingerprint density at radius 2 is 1.65 bits per heavy atom. The van der Waals surface area contributed by atoms with Crippen molar-refractivity contribution >= 4 is 29.3 Å². The SMILES string of the molecule is CCC(O)[C@H](CC(=O)NC)NC(=O)[C@H](C)NC(=O)C(=O)Nc1ccccc1C(C)(C)C. The van der Waals surface area contributed by atoms with Crippen LogP contribution >= 0.6 is 0 Å². The molecule has 1 rings (SSSR count). The summed E-state index contributed by atoms with van der Waals surface area (Å²) < 4.78 is 0. The number of nitrogens with one attached hydrogen (secondary N) is 4. The first-order valence-electron chi connectivity index (χ1n) is 10.3. The second-order valence-corrected chi connectivity index (χ2v) is 8.41. The number of rotatable bonds is 8. The summed E-state index contributed by atoms with van der Waals surface area (Å²) >= 11 is 0. The van der Waals surface area contributed by atoms with E-state index >= 15 is 0 Å². The number of aliphatic hydroxyl groups is 1. The first-order chi connectivity index (χ1) is 14.4. The first-order valence-corrected chi connectivity index (χ1v) is 10.3. The van der Waals surface area contributed by atoms with Crippen LogP contribution in [-0.2, 0) is 24.6 Å². The lowest BCUT2D eigenvalue weighted by molar-refractivity contribution is -0.138. The number of hydrogen-bond donors (Lipinski definition) is 5. The minimum Gasteiger partial charge on any atom is -0.391 e. The maximum absolute atomic E-state index is 12.4. The van der Waals surface area contributed by atoms with Crippen molar-refractivity contribution in [1.82, 2.24) is 16.0 Å². The first kappa shape index (κ1) is 26.1. The van der Waals surface area contributed by atoms with Gasteiger partial charge in [0.25, 0.3) is 0 Å². The van der Waals surface area contributed by atoms with Crippen molar-refractivity contribution in [2.24, 2.45) is 0 Å². The molecule has 0 aromatic heterocycles. The van der Waals surface area contributed by atoms with Crippen molar-refractivity contribution in [1.29, 1.82) is 0 Å². The molecule has 1 unspecified atom stereocenters. The van der Waals surface area contributed by atoms with Crippen LogP contribution in [0.2, 0.25) is 0 Å². The molecule has 0 aliphatic carbocycles. The summed E-state index contributed by atoms with van der Waals surface area (Å²) in [5.41, 5.74) is 1.14. The molecule has 0 fully saturated rings. The third-order valence-electron chi connectivity index (χ3n) is 4.82. The third-order valence-corrected chi connectivity index (χ3v) is 4.82. The van der Waals surface area contributed by atoms with E-state index in [-0.39, 0.29) is 17.7 Å². The minimum atomic E-state index is -1.05. The van der Waals surface area contributed by atoms with Crippen LogP contribution in [0.4, 0.5) is 5.69 Å². The number of benzene rings is 1. The summed E-state index contributed by atoms with van der Waals surface area (Å²) in [4.78, 5) is 48.8. The number of hydrogen-bond acceptors (Lipinski definition) is 5. The Hall–Kier alpha value is -2.94. The van der Waals surface area contributed by atoms with Gasteiger partial charge in [-0.05, 0) is 30.4 Å². The van der Waals surface area contributed by atoms with Crippen LogP contribution in [0.25, 0.3) is 0 Å². The Bertz CT molecular complexity index is 803. The molecule has 3 atom stereocenters. The smallest absolute Gasteiger partial charge is 0.313 e. The van der Waals surface area contributed by atoms with Crippen molar-refractivity contribution in [3.8, 4) is 0 Å². The van der Waals surface area contributed by atoms with Crippen molar-refractivity contribution in [3.63, 3.8) is 0 Å². The van der Waals surface area contributed by atoms with Gasteiger partial charge in [0.05, 0.1) is 12.1 Å². The molecule has 9 nitrogen and oxygen atoms in total. The van der Waals surface area contributed by atoms with E-state index in [4.69, 9.17) is 0 Å². The van der Waals surface area contributed by atoms with Crippen LogP contribution < -0.4 is 21.3 Å². The summed E-state index contributed by atoms with van der Waals surface area (Å²) in [6, 6.07) is 5.32. The largest absolute Gasteiger partial charge is 0.391 e. The van der Waals surface area contributed by atoms with Crippen LogP contribution in [0.15, 0.2) is 24.3 Å². The lowest BCUT2D eigenvalue weighted by Gasteiger charge is -2.25. The molecule has 0 spiro atoms. The number of amides is 4. The Balaban J connectivity index is 2.77.